The number of piperazine rings is 1. The smallest absolute Gasteiger partial charge is 0.253 e. The number of halogens is 1. The molecule has 8 heteroatoms. The second-order valence-corrected chi connectivity index (χ2v) is 8.96. The molecular weight excluding hydrogens is 435 g/mol. The van der Waals surface area contributed by atoms with Gasteiger partial charge in [0, 0.05) is 51.4 Å². The summed E-state index contributed by atoms with van der Waals surface area (Å²) in [5, 5.41) is 2.94. The molecule has 180 valence electrons. The molecule has 1 atom stereocenters. The minimum atomic E-state index is -0.379. The van der Waals surface area contributed by atoms with Gasteiger partial charge >= 0.3 is 0 Å². The molecule has 2 aliphatic heterocycles. The number of likely N-dealkylation sites (tertiary alicyclic amines) is 1. The zero-order chi connectivity index (χ0) is 23.9. The number of carbonyl (C=O) groups excluding carboxylic acids is 3. The molecule has 1 N–H and O–H groups in total. The number of carbonyl (C=O) groups is 3. The lowest BCUT2D eigenvalue weighted by Crippen LogP contribution is -2.54. The topological polar surface area (TPSA) is 73.0 Å². The first kappa shape index (κ1) is 23.9. The number of piperidine rings is 1. The van der Waals surface area contributed by atoms with Crippen LogP contribution < -0.4 is 5.32 Å². The molecule has 0 radical (unpaired) electrons. The number of rotatable bonds is 6. The van der Waals surface area contributed by atoms with Gasteiger partial charge in [-0.2, -0.15) is 0 Å². The van der Waals surface area contributed by atoms with E-state index in [9.17, 15) is 18.8 Å². The van der Waals surface area contributed by atoms with E-state index in [0.29, 0.717) is 57.9 Å². The van der Waals surface area contributed by atoms with Crippen molar-refractivity contribution < 1.29 is 18.8 Å². The number of nitrogens with zero attached hydrogens (tertiary/aromatic N) is 3. The third kappa shape index (κ3) is 6.20. The van der Waals surface area contributed by atoms with Gasteiger partial charge < -0.3 is 15.1 Å². The molecule has 0 aromatic heterocycles. The molecule has 4 rings (SSSR count). The Bertz CT molecular complexity index is 991. The van der Waals surface area contributed by atoms with Crippen molar-refractivity contribution in [2.24, 2.45) is 5.92 Å². The molecule has 0 spiro atoms. The van der Waals surface area contributed by atoms with Gasteiger partial charge in [0.1, 0.15) is 5.82 Å². The highest BCUT2D eigenvalue weighted by molar-refractivity contribution is 5.94. The first-order valence-electron chi connectivity index (χ1n) is 11.9. The Morgan fingerprint density at radius 1 is 0.882 bits per heavy atom. The van der Waals surface area contributed by atoms with Crippen molar-refractivity contribution in [3.05, 3.63) is 71.5 Å². The van der Waals surface area contributed by atoms with Gasteiger partial charge in [-0.25, -0.2) is 4.39 Å². The Balaban J connectivity index is 1.22. The van der Waals surface area contributed by atoms with Crippen LogP contribution in [0, 0.1) is 11.7 Å². The van der Waals surface area contributed by atoms with E-state index in [1.165, 1.54) is 24.3 Å². The maximum atomic E-state index is 13.2. The van der Waals surface area contributed by atoms with Crippen LogP contribution in [0.2, 0.25) is 0 Å². The normalized spacial score (nSPS) is 19.0. The van der Waals surface area contributed by atoms with Crippen LogP contribution in [-0.4, -0.2) is 78.2 Å². The molecule has 2 heterocycles. The van der Waals surface area contributed by atoms with Crippen molar-refractivity contribution in [2.45, 2.75) is 19.4 Å². The molecule has 2 aliphatic rings. The van der Waals surface area contributed by atoms with Gasteiger partial charge in [-0.3, -0.25) is 19.3 Å². The Labute approximate surface area is 199 Å². The standard InChI is InChI=1S/C26H31FN4O3/c27-23-10-8-21(9-11-23)25(33)31-12-4-7-22(18-31)26(34)30-15-13-29(14-16-30)19-24(32)28-17-20-5-2-1-3-6-20/h1-3,5-6,8-11,22H,4,7,12-19H2,(H,28,32). The van der Waals surface area contributed by atoms with Gasteiger partial charge in [-0.1, -0.05) is 30.3 Å². The molecule has 0 saturated carbocycles. The average molecular weight is 467 g/mol. The lowest BCUT2D eigenvalue weighted by Gasteiger charge is -2.38. The van der Waals surface area contributed by atoms with E-state index in [0.717, 1.165) is 18.4 Å². The second kappa shape index (κ2) is 11.2. The molecule has 7 nitrogen and oxygen atoms in total. The van der Waals surface area contributed by atoms with Crippen LogP contribution in [0.4, 0.5) is 4.39 Å². The summed E-state index contributed by atoms with van der Waals surface area (Å²) >= 11 is 0. The van der Waals surface area contributed by atoms with Crippen LogP contribution in [0.15, 0.2) is 54.6 Å². The van der Waals surface area contributed by atoms with Gasteiger partial charge in [-0.15, -0.1) is 0 Å². The van der Waals surface area contributed by atoms with E-state index in [1.54, 1.807) is 4.90 Å². The van der Waals surface area contributed by atoms with Crippen molar-refractivity contribution in [2.75, 3.05) is 45.8 Å². The summed E-state index contributed by atoms with van der Waals surface area (Å²) in [4.78, 5) is 43.8. The van der Waals surface area contributed by atoms with Crippen molar-refractivity contribution in [3.63, 3.8) is 0 Å². The summed E-state index contributed by atoms with van der Waals surface area (Å²) < 4.78 is 13.2. The highest BCUT2D eigenvalue weighted by Crippen LogP contribution is 2.21. The van der Waals surface area contributed by atoms with Crippen LogP contribution in [0.5, 0.6) is 0 Å². The maximum Gasteiger partial charge on any atom is 0.253 e. The van der Waals surface area contributed by atoms with Crippen LogP contribution in [0.25, 0.3) is 0 Å². The summed E-state index contributed by atoms with van der Waals surface area (Å²) in [6, 6.07) is 15.3. The predicted molar refractivity (Wildman–Crippen MR) is 126 cm³/mol. The predicted octanol–water partition coefficient (Wildman–Crippen LogP) is 2.14. The van der Waals surface area contributed by atoms with E-state index in [2.05, 4.69) is 10.2 Å². The van der Waals surface area contributed by atoms with Crippen molar-refractivity contribution >= 4 is 17.7 Å². The number of nitrogens with one attached hydrogen (secondary N) is 1. The van der Waals surface area contributed by atoms with E-state index in [-0.39, 0.29) is 29.5 Å². The minimum Gasteiger partial charge on any atom is -0.351 e. The molecular formula is C26H31FN4O3. The molecule has 2 saturated heterocycles. The Morgan fingerprint density at radius 3 is 2.29 bits per heavy atom. The zero-order valence-electron chi connectivity index (χ0n) is 19.3. The average Bonchev–Trinajstić information content (AvgIpc) is 2.88. The van der Waals surface area contributed by atoms with Gasteiger partial charge in [0.15, 0.2) is 0 Å². The molecule has 0 aliphatic carbocycles. The van der Waals surface area contributed by atoms with Crippen LogP contribution >= 0.6 is 0 Å². The molecule has 1 unspecified atom stereocenters. The number of benzene rings is 2. The summed E-state index contributed by atoms with van der Waals surface area (Å²) in [6.45, 7) is 4.26. The lowest BCUT2D eigenvalue weighted by atomic mass is 9.95. The molecule has 0 bridgehead atoms. The van der Waals surface area contributed by atoms with Gasteiger partial charge in [0.2, 0.25) is 11.8 Å². The largest absolute Gasteiger partial charge is 0.351 e. The van der Waals surface area contributed by atoms with Crippen molar-refractivity contribution in [1.29, 1.82) is 0 Å². The fourth-order valence-electron chi connectivity index (χ4n) is 4.58. The van der Waals surface area contributed by atoms with E-state index < -0.39 is 0 Å². The van der Waals surface area contributed by atoms with Crippen LogP contribution in [0.1, 0.15) is 28.8 Å². The number of hydrogen-bond donors (Lipinski definition) is 1. The molecule has 2 fully saturated rings. The number of hydrogen-bond acceptors (Lipinski definition) is 4. The maximum absolute atomic E-state index is 13.2. The highest BCUT2D eigenvalue weighted by atomic mass is 19.1. The third-order valence-electron chi connectivity index (χ3n) is 6.53. The monoisotopic (exact) mass is 466 g/mol. The van der Waals surface area contributed by atoms with Gasteiger partial charge in [0.25, 0.3) is 5.91 Å². The number of amides is 3. The summed E-state index contributed by atoms with van der Waals surface area (Å²) in [6.07, 6.45) is 1.53. The summed E-state index contributed by atoms with van der Waals surface area (Å²) in [5.41, 5.74) is 1.50. The van der Waals surface area contributed by atoms with Gasteiger partial charge in [0.05, 0.1) is 12.5 Å². The third-order valence-corrected chi connectivity index (χ3v) is 6.53. The fraction of sp³-hybridized carbons (Fsp3) is 0.423. The van der Waals surface area contributed by atoms with Crippen LogP contribution in [-0.2, 0) is 16.1 Å². The fourth-order valence-corrected chi connectivity index (χ4v) is 4.58. The van der Waals surface area contributed by atoms with E-state index in [1.807, 2.05) is 35.2 Å². The molecule has 2 aromatic carbocycles. The van der Waals surface area contributed by atoms with Crippen LogP contribution in [0.3, 0.4) is 0 Å². The zero-order valence-corrected chi connectivity index (χ0v) is 19.3. The molecule has 2 aromatic rings. The quantitative estimate of drug-likeness (QED) is 0.708. The SMILES string of the molecule is O=C(CN1CCN(C(=O)C2CCCN(C(=O)c3ccc(F)cc3)C2)CC1)NCc1ccccc1. The minimum absolute atomic E-state index is 0.0224. The summed E-state index contributed by atoms with van der Waals surface area (Å²) in [5.74, 6) is -0.714. The first-order valence-corrected chi connectivity index (χ1v) is 11.9. The highest BCUT2D eigenvalue weighted by Gasteiger charge is 2.33. The van der Waals surface area contributed by atoms with Gasteiger partial charge in [-0.05, 0) is 42.7 Å². The molecule has 34 heavy (non-hydrogen) atoms. The first-order chi connectivity index (χ1) is 16.5. The van der Waals surface area contributed by atoms with Crippen molar-refractivity contribution in [3.8, 4) is 0 Å². The lowest BCUT2D eigenvalue weighted by molar-refractivity contribution is -0.138. The van der Waals surface area contributed by atoms with Crippen molar-refractivity contribution in [1.82, 2.24) is 20.0 Å². The Morgan fingerprint density at radius 2 is 1.59 bits per heavy atom. The van der Waals surface area contributed by atoms with E-state index >= 15 is 0 Å². The second-order valence-electron chi connectivity index (χ2n) is 8.96. The van der Waals surface area contributed by atoms with E-state index in [4.69, 9.17) is 0 Å². The molecule has 3 amide bonds. The Kier molecular flexibility index (Phi) is 7.90. The summed E-state index contributed by atoms with van der Waals surface area (Å²) in [7, 11) is 0. The Hall–Kier alpha value is -3.26.